The molecule has 2 aliphatic heterocycles. The normalized spacial score (nSPS) is 16.6. The molecule has 0 spiro atoms. The monoisotopic (exact) mass is 427 g/mol. The van der Waals surface area contributed by atoms with Crippen LogP contribution in [0.2, 0.25) is 0 Å². The molecule has 0 radical (unpaired) electrons. The van der Waals surface area contributed by atoms with Crippen molar-refractivity contribution in [2.75, 3.05) is 53.5 Å². The van der Waals surface area contributed by atoms with Gasteiger partial charge in [0.05, 0.1) is 20.3 Å². The highest BCUT2D eigenvalue weighted by atomic mass is 19.1. The number of benzene rings is 2. The second kappa shape index (κ2) is 9.66. The molecule has 7 heteroatoms. The predicted octanol–water partition coefficient (Wildman–Crippen LogP) is 2.55. The van der Waals surface area contributed by atoms with Crippen LogP contribution in [0.5, 0.6) is 11.5 Å². The second-order valence-electron chi connectivity index (χ2n) is 8.31. The summed E-state index contributed by atoms with van der Waals surface area (Å²) in [6, 6.07) is 11.3. The van der Waals surface area contributed by atoms with Crippen LogP contribution in [0.1, 0.15) is 16.7 Å². The standard InChI is InChI=1S/C24H30FN3O3/c1-26(15-19-4-6-23(30-2)21(25)14-19)24(29)17-28-10-8-27(9-11-28)16-18-3-5-22-20(13-18)7-12-31-22/h3-6,13-14H,7-12,15-17H2,1-2H3. The Labute approximate surface area is 183 Å². The SMILES string of the molecule is COc1ccc(CN(C)C(=O)CN2CCN(Cc3ccc4c(c3)CCO4)CC2)cc1F. The predicted molar refractivity (Wildman–Crippen MR) is 117 cm³/mol. The summed E-state index contributed by atoms with van der Waals surface area (Å²) < 4.78 is 24.4. The van der Waals surface area contributed by atoms with Gasteiger partial charge in [0, 0.05) is 52.7 Å². The van der Waals surface area contributed by atoms with E-state index in [1.54, 1.807) is 24.1 Å². The van der Waals surface area contributed by atoms with Crippen molar-refractivity contribution in [2.24, 2.45) is 0 Å². The molecule has 6 nitrogen and oxygen atoms in total. The van der Waals surface area contributed by atoms with E-state index in [-0.39, 0.29) is 11.7 Å². The van der Waals surface area contributed by atoms with Crippen LogP contribution in [0, 0.1) is 5.82 Å². The molecular weight excluding hydrogens is 397 g/mol. The first kappa shape index (κ1) is 21.6. The van der Waals surface area contributed by atoms with Gasteiger partial charge in [0.1, 0.15) is 5.75 Å². The summed E-state index contributed by atoms with van der Waals surface area (Å²) >= 11 is 0. The summed E-state index contributed by atoms with van der Waals surface area (Å²) in [4.78, 5) is 18.9. The quantitative estimate of drug-likeness (QED) is 0.680. The number of carbonyl (C=O) groups excluding carboxylic acids is 1. The Kier molecular flexibility index (Phi) is 6.73. The number of fused-ring (bicyclic) bond motifs is 1. The van der Waals surface area contributed by atoms with Gasteiger partial charge < -0.3 is 14.4 Å². The van der Waals surface area contributed by atoms with E-state index in [0.29, 0.717) is 13.1 Å². The van der Waals surface area contributed by atoms with Crippen molar-refractivity contribution in [3.8, 4) is 11.5 Å². The second-order valence-corrected chi connectivity index (χ2v) is 8.31. The Morgan fingerprint density at radius 1 is 1.10 bits per heavy atom. The van der Waals surface area contributed by atoms with Gasteiger partial charge in [-0.15, -0.1) is 0 Å². The lowest BCUT2D eigenvalue weighted by Gasteiger charge is -2.35. The topological polar surface area (TPSA) is 45.2 Å². The number of halogens is 1. The van der Waals surface area contributed by atoms with E-state index in [1.807, 2.05) is 0 Å². The van der Waals surface area contributed by atoms with Crippen LogP contribution < -0.4 is 9.47 Å². The van der Waals surface area contributed by atoms with Crippen LogP contribution >= 0.6 is 0 Å². The summed E-state index contributed by atoms with van der Waals surface area (Å²) in [6.07, 6.45) is 0.996. The lowest BCUT2D eigenvalue weighted by atomic mass is 10.1. The van der Waals surface area contributed by atoms with Crippen molar-refractivity contribution in [3.05, 3.63) is 58.9 Å². The van der Waals surface area contributed by atoms with Crippen molar-refractivity contribution in [2.45, 2.75) is 19.5 Å². The number of piperazine rings is 1. The first-order valence-electron chi connectivity index (χ1n) is 10.8. The molecule has 0 N–H and O–H groups in total. The molecule has 1 saturated heterocycles. The summed E-state index contributed by atoms with van der Waals surface area (Å²) in [7, 11) is 3.20. The third-order valence-corrected chi connectivity index (χ3v) is 6.05. The van der Waals surface area contributed by atoms with E-state index < -0.39 is 5.82 Å². The molecule has 4 rings (SSSR count). The first-order chi connectivity index (χ1) is 15.0. The zero-order valence-corrected chi connectivity index (χ0v) is 18.3. The molecule has 31 heavy (non-hydrogen) atoms. The zero-order chi connectivity index (χ0) is 21.8. The molecule has 166 valence electrons. The molecule has 0 atom stereocenters. The fraction of sp³-hybridized carbons (Fsp3) is 0.458. The van der Waals surface area contributed by atoms with Crippen molar-refractivity contribution in [1.29, 1.82) is 0 Å². The number of carbonyl (C=O) groups is 1. The number of methoxy groups -OCH3 is 1. The van der Waals surface area contributed by atoms with E-state index >= 15 is 0 Å². The van der Waals surface area contributed by atoms with Crippen LogP contribution in [0.25, 0.3) is 0 Å². The van der Waals surface area contributed by atoms with Gasteiger partial charge in [-0.3, -0.25) is 14.6 Å². The minimum atomic E-state index is -0.409. The number of rotatable bonds is 7. The molecule has 0 aromatic heterocycles. The van der Waals surface area contributed by atoms with E-state index in [0.717, 1.165) is 57.1 Å². The maximum atomic E-state index is 13.9. The number of amides is 1. The third kappa shape index (κ3) is 5.35. The summed E-state index contributed by atoms with van der Waals surface area (Å²) in [5.41, 5.74) is 3.38. The number of hydrogen-bond acceptors (Lipinski definition) is 5. The molecule has 0 bridgehead atoms. The van der Waals surface area contributed by atoms with Crippen LogP contribution in [-0.4, -0.2) is 74.1 Å². The molecule has 2 aromatic carbocycles. The fourth-order valence-electron chi connectivity index (χ4n) is 4.18. The van der Waals surface area contributed by atoms with E-state index in [2.05, 4.69) is 28.0 Å². The van der Waals surface area contributed by atoms with E-state index in [4.69, 9.17) is 9.47 Å². The molecule has 0 saturated carbocycles. The molecule has 2 aromatic rings. The molecule has 1 fully saturated rings. The summed E-state index contributed by atoms with van der Waals surface area (Å²) in [5.74, 6) is 0.869. The Balaban J connectivity index is 1.22. The van der Waals surface area contributed by atoms with Crippen LogP contribution in [-0.2, 0) is 24.3 Å². The highest BCUT2D eigenvalue weighted by Crippen LogP contribution is 2.26. The first-order valence-corrected chi connectivity index (χ1v) is 10.8. The molecule has 1 amide bonds. The molecule has 0 unspecified atom stereocenters. The minimum Gasteiger partial charge on any atom is -0.494 e. The van der Waals surface area contributed by atoms with Gasteiger partial charge in [0.25, 0.3) is 0 Å². The average Bonchev–Trinajstić information content (AvgIpc) is 3.23. The Hall–Kier alpha value is -2.64. The highest BCUT2D eigenvalue weighted by molar-refractivity contribution is 5.78. The van der Waals surface area contributed by atoms with Crippen molar-refractivity contribution >= 4 is 5.91 Å². The van der Waals surface area contributed by atoms with Crippen molar-refractivity contribution in [3.63, 3.8) is 0 Å². The number of likely N-dealkylation sites (N-methyl/N-ethyl adjacent to an activating group) is 1. The van der Waals surface area contributed by atoms with Crippen LogP contribution in [0.3, 0.4) is 0 Å². The molecule has 0 aliphatic carbocycles. The van der Waals surface area contributed by atoms with Gasteiger partial charge in [-0.05, 0) is 34.9 Å². The van der Waals surface area contributed by atoms with Crippen molar-refractivity contribution < 1.29 is 18.7 Å². The number of nitrogens with zero attached hydrogens (tertiary/aromatic N) is 3. The molecule has 2 heterocycles. The highest BCUT2D eigenvalue weighted by Gasteiger charge is 2.21. The minimum absolute atomic E-state index is 0.0447. The third-order valence-electron chi connectivity index (χ3n) is 6.05. The maximum Gasteiger partial charge on any atom is 0.236 e. The largest absolute Gasteiger partial charge is 0.494 e. The summed E-state index contributed by atoms with van der Waals surface area (Å²) in [5, 5.41) is 0. The Morgan fingerprint density at radius 2 is 1.84 bits per heavy atom. The van der Waals surface area contributed by atoms with Crippen LogP contribution in [0.15, 0.2) is 36.4 Å². The lowest BCUT2D eigenvalue weighted by molar-refractivity contribution is -0.132. The lowest BCUT2D eigenvalue weighted by Crippen LogP contribution is -2.49. The number of hydrogen-bond donors (Lipinski definition) is 0. The van der Waals surface area contributed by atoms with Gasteiger partial charge in [-0.2, -0.15) is 0 Å². The maximum absolute atomic E-state index is 13.9. The van der Waals surface area contributed by atoms with Gasteiger partial charge in [-0.25, -0.2) is 4.39 Å². The zero-order valence-electron chi connectivity index (χ0n) is 18.3. The fourth-order valence-corrected chi connectivity index (χ4v) is 4.18. The molecule has 2 aliphatic rings. The summed E-state index contributed by atoms with van der Waals surface area (Å²) in [6.45, 7) is 6.09. The number of ether oxygens (including phenoxy) is 2. The van der Waals surface area contributed by atoms with E-state index in [1.165, 1.54) is 24.3 Å². The smallest absolute Gasteiger partial charge is 0.236 e. The van der Waals surface area contributed by atoms with Gasteiger partial charge in [-0.1, -0.05) is 18.2 Å². The van der Waals surface area contributed by atoms with Crippen LogP contribution in [0.4, 0.5) is 4.39 Å². The van der Waals surface area contributed by atoms with Gasteiger partial charge in [0.15, 0.2) is 11.6 Å². The Bertz CT molecular complexity index is 928. The van der Waals surface area contributed by atoms with Crippen molar-refractivity contribution in [1.82, 2.24) is 14.7 Å². The van der Waals surface area contributed by atoms with E-state index in [9.17, 15) is 9.18 Å². The van der Waals surface area contributed by atoms with Gasteiger partial charge >= 0.3 is 0 Å². The van der Waals surface area contributed by atoms with Gasteiger partial charge in [0.2, 0.25) is 5.91 Å². The average molecular weight is 428 g/mol. The Morgan fingerprint density at radius 3 is 2.58 bits per heavy atom. The molecular formula is C24H30FN3O3.